The Balaban J connectivity index is 2.48. The minimum atomic E-state index is -0.900. The highest BCUT2D eigenvalue weighted by molar-refractivity contribution is 6.01. The molecule has 2 rings (SSSR count). The van der Waals surface area contributed by atoms with Crippen molar-refractivity contribution in [1.29, 1.82) is 0 Å². The predicted octanol–water partition coefficient (Wildman–Crippen LogP) is 2.34. The van der Waals surface area contributed by atoms with Crippen LogP contribution in [0.1, 0.15) is 13.8 Å². The zero-order valence-corrected chi connectivity index (χ0v) is 10.9. The van der Waals surface area contributed by atoms with Gasteiger partial charge < -0.3 is 16.2 Å². The molecule has 4 N–H and O–H groups in total. The van der Waals surface area contributed by atoms with E-state index in [0.29, 0.717) is 11.5 Å². The number of nitrogens with one attached hydrogen (secondary N) is 1. The lowest BCUT2D eigenvalue weighted by molar-refractivity contribution is -0.138. The molecular weight excluding hydrogens is 242 g/mol. The Kier molecular flexibility index (Phi) is 3.55. The Labute approximate surface area is 111 Å². The van der Waals surface area contributed by atoms with Crippen LogP contribution in [0, 0.1) is 5.92 Å². The number of aliphatic carboxylic acids is 1. The quantitative estimate of drug-likeness (QED) is 0.733. The number of hydrogen-bond acceptors (Lipinski definition) is 4. The maximum absolute atomic E-state index is 11.2. The van der Waals surface area contributed by atoms with Gasteiger partial charge in [-0.3, -0.25) is 0 Å². The Morgan fingerprint density at radius 2 is 2.11 bits per heavy atom. The van der Waals surface area contributed by atoms with Crippen molar-refractivity contribution in [3.8, 4) is 0 Å². The molecule has 0 radical (unpaired) electrons. The van der Waals surface area contributed by atoms with Gasteiger partial charge in [-0.1, -0.05) is 26.0 Å². The van der Waals surface area contributed by atoms with Crippen molar-refractivity contribution in [2.45, 2.75) is 19.9 Å². The fourth-order valence-electron chi connectivity index (χ4n) is 2.03. The molecule has 0 saturated heterocycles. The summed E-state index contributed by atoms with van der Waals surface area (Å²) >= 11 is 0. The van der Waals surface area contributed by atoms with Crippen LogP contribution >= 0.6 is 0 Å². The summed E-state index contributed by atoms with van der Waals surface area (Å²) in [6.45, 7) is 3.69. The number of carboxylic acid groups (broad SMARTS) is 1. The topological polar surface area (TPSA) is 88.2 Å². The van der Waals surface area contributed by atoms with Crippen LogP contribution in [0.2, 0.25) is 0 Å². The minimum Gasteiger partial charge on any atom is -0.480 e. The molecule has 1 atom stereocenters. The third kappa shape index (κ3) is 2.59. The van der Waals surface area contributed by atoms with Gasteiger partial charge in [0.2, 0.25) is 0 Å². The van der Waals surface area contributed by atoms with E-state index in [1.165, 1.54) is 0 Å². The maximum Gasteiger partial charge on any atom is 0.326 e. The van der Waals surface area contributed by atoms with Gasteiger partial charge in [-0.2, -0.15) is 0 Å². The monoisotopic (exact) mass is 259 g/mol. The van der Waals surface area contributed by atoms with Crippen molar-refractivity contribution in [2.75, 3.05) is 11.1 Å². The van der Waals surface area contributed by atoms with Crippen LogP contribution in [-0.2, 0) is 4.79 Å². The van der Waals surface area contributed by atoms with Crippen LogP contribution in [0.5, 0.6) is 0 Å². The summed E-state index contributed by atoms with van der Waals surface area (Å²) in [7, 11) is 0. The van der Waals surface area contributed by atoms with E-state index >= 15 is 0 Å². The van der Waals surface area contributed by atoms with E-state index in [1.807, 2.05) is 32.0 Å². The summed E-state index contributed by atoms with van der Waals surface area (Å²) in [4.78, 5) is 15.5. The number of aromatic nitrogens is 1. The van der Waals surface area contributed by atoms with Gasteiger partial charge in [0.1, 0.15) is 11.9 Å². The number of hydrogen-bond donors (Lipinski definition) is 3. The smallest absolute Gasteiger partial charge is 0.326 e. The van der Waals surface area contributed by atoms with Crippen LogP contribution in [0.4, 0.5) is 11.5 Å². The van der Waals surface area contributed by atoms with Crippen LogP contribution in [-0.4, -0.2) is 22.1 Å². The molecule has 0 fully saturated rings. The molecule has 0 amide bonds. The molecule has 0 aliphatic rings. The highest BCUT2D eigenvalue weighted by Crippen LogP contribution is 2.27. The number of carboxylic acids is 1. The van der Waals surface area contributed by atoms with E-state index in [9.17, 15) is 9.90 Å². The first-order valence-corrected chi connectivity index (χ1v) is 6.13. The number of benzene rings is 1. The summed E-state index contributed by atoms with van der Waals surface area (Å²) < 4.78 is 0. The molecular formula is C14H17N3O2. The predicted molar refractivity (Wildman–Crippen MR) is 76.0 cm³/mol. The largest absolute Gasteiger partial charge is 0.480 e. The Hall–Kier alpha value is -2.30. The molecule has 0 aliphatic heterocycles. The first-order valence-electron chi connectivity index (χ1n) is 6.13. The second-order valence-electron chi connectivity index (χ2n) is 4.81. The zero-order valence-electron chi connectivity index (χ0n) is 10.9. The molecule has 1 heterocycles. The summed E-state index contributed by atoms with van der Waals surface area (Å²) in [6.07, 6.45) is 1.64. The molecule has 0 bridgehead atoms. The van der Waals surface area contributed by atoms with Gasteiger partial charge in [0.25, 0.3) is 0 Å². The SMILES string of the molecule is CC(C)C(Nc1nccc2cccc(N)c12)C(=O)O. The van der Waals surface area contributed by atoms with Gasteiger partial charge in [-0.25, -0.2) is 9.78 Å². The van der Waals surface area contributed by atoms with E-state index in [0.717, 1.165) is 10.8 Å². The Morgan fingerprint density at radius 1 is 1.37 bits per heavy atom. The fourth-order valence-corrected chi connectivity index (χ4v) is 2.03. The molecule has 0 saturated carbocycles. The van der Waals surface area contributed by atoms with Crippen molar-refractivity contribution in [2.24, 2.45) is 5.92 Å². The molecule has 1 aromatic carbocycles. The van der Waals surface area contributed by atoms with Crippen molar-refractivity contribution in [3.63, 3.8) is 0 Å². The van der Waals surface area contributed by atoms with E-state index in [2.05, 4.69) is 10.3 Å². The van der Waals surface area contributed by atoms with Gasteiger partial charge in [0.05, 0.1) is 0 Å². The maximum atomic E-state index is 11.2. The van der Waals surface area contributed by atoms with Crippen molar-refractivity contribution in [1.82, 2.24) is 4.98 Å². The summed E-state index contributed by atoms with van der Waals surface area (Å²) in [5.74, 6) is -0.445. The Bertz CT molecular complexity index is 605. The van der Waals surface area contributed by atoms with Crippen molar-refractivity contribution in [3.05, 3.63) is 30.5 Å². The number of nitrogens with zero attached hydrogens (tertiary/aromatic N) is 1. The van der Waals surface area contributed by atoms with E-state index in [1.54, 1.807) is 12.3 Å². The second-order valence-corrected chi connectivity index (χ2v) is 4.81. The zero-order chi connectivity index (χ0) is 14.0. The van der Waals surface area contributed by atoms with E-state index < -0.39 is 12.0 Å². The summed E-state index contributed by atoms with van der Waals surface area (Å²) in [5, 5.41) is 13.9. The van der Waals surface area contributed by atoms with Gasteiger partial charge in [0, 0.05) is 17.3 Å². The highest BCUT2D eigenvalue weighted by Gasteiger charge is 2.22. The average Bonchev–Trinajstić information content (AvgIpc) is 2.35. The van der Waals surface area contributed by atoms with Crippen molar-refractivity contribution >= 4 is 28.2 Å². The van der Waals surface area contributed by atoms with Gasteiger partial charge in [0.15, 0.2) is 0 Å². The summed E-state index contributed by atoms with van der Waals surface area (Å²) in [6, 6.07) is 6.71. The summed E-state index contributed by atoms with van der Waals surface area (Å²) in [5.41, 5.74) is 6.54. The standard InChI is InChI=1S/C14H17N3O2/c1-8(2)12(14(18)19)17-13-11-9(6-7-16-13)4-3-5-10(11)15/h3-8,12H,15H2,1-2H3,(H,16,17)(H,18,19). The molecule has 5 nitrogen and oxygen atoms in total. The number of carbonyl (C=O) groups is 1. The van der Waals surface area contributed by atoms with Crippen LogP contribution in [0.3, 0.4) is 0 Å². The molecule has 1 unspecified atom stereocenters. The highest BCUT2D eigenvalue weighted by atomic mass is 16.4. The molecule has 0 spiro atoms. The molecule has 5 heteroatoms. The first-order chi connectivity index (χ1) is 9.00. The molecule has 0 aliphatic carbocycles. The number of nitrogen functional groups attached to an aromatic ring is 1. The Morgan fingerprint density at radius 3 is 2.74 bits per heavy atom. The third-order valence-electron chi connectivity index (χ3n) is 3.05. The number of rotatable bonds is 4. The van der Waals surface area contributed by atoms with Gasteiger partial charge in [-0.05, 0) is 23.4 Å². The molecule has 100 valence electrons. The van der Waals surface area contributed by atoms with Crippen LogP contribution < -0.4 is 11.1 Å². The number of anilines is 2. The lowest BCUT2D eigenvalue weighted by atomic mass is 10.0. The normalized spacial score (nSPS) is 12.6. The number of fused-ring (bicyclic) bond motifs is 1. The molecule has 2 aromatic rings. The first kappa shape index (κ1) is 13.1. The number of pyridine rings is 1. The molecule has 19 heavy (non-hydrogen) atoms. The van der Waals surface area contributed by atoms with Crippen molar-refractivity contribution < 1.29 is 9.90 Å². The van der Waals surface area contributed by atoms with E-state index in [4.69, 9.17) is 5.73 Å². The van der Waals surface area contributed by atoms with Gasteiger partial charge in [-0.15, -0.1) is 0 Å². The van der Waals surface area contributed by atoms with E-state index in [-0.39, 0.29) is 5.92 Å². The number of nitrogens with two attached hydrogens (primary N) is 1. The minimum absolute atomic E-state index is 0.0560. The fraction of sp³-hybridized carbons (Fsp3) is 0.286. The molecule has 1 aromatic heterocycles. The lowest BCUT2D eigenvalue weighted by Gasteiger charge is -2.19. The average molecular weight is 259 g/mol. The lowest BCUT2D eigenvalue weighted by Crippen LogP contribution is -2.34. The van der Waals surface area contributed by atoms with Crippen LogP contribution in [0.15, 0.2) is 30.5 Å². The van der Waals surface area contributed by atoms with Crippen LogP contribution in [0.25, 0.3) is 10.8 Å². The third-order valence-corrected chi connectivity index (χ3v) is 3.05. The van der Waals surface area contributed by atoms with Gasteiger partial charge >= 0.3 is 5.97 Å². The second kappa shape index (κ2) is 5.14.